The SMILES string of the molecule is CNC(C)c1cccc(NC(=O)c2ccnc(C)c2)c1. The minimum absolute atomic E-state index is 0.121. The molecule has 0 saturated carbocycles. The standard InChI is InChI=1S/C16H19N3O/c1-11-9-14(7-8-18-11)16(20)19-15-6-4-5-13(10-15)12(2)17-3/h4-10,12,17H,1-3H3,(H,19,20). The molecule has 0 bridgehead atoms. The molecule has 4 nitrogen and oxygen atoms in total. The summed E-state index contributed by atoms with van der Waals surface area (Å²) in [6.45, 7) is 3.94. The first kappa shape index (κ1) is 14.2. The average molecular weight is 269 g/mol. The van der Waals surface area contributed by atoms with Crippen LogP contribution < -0.4 is 10.6 Å². The zero-order valence-corrected chi connectivity index (χ0v) is 12.0. The van der Waals surface area contributed by atoms with Crippen molar-refractivity contribution in [2.75, 3.05) is 12.4 Å². The van der Waals surface area contributed by atoms with Crippen molar-refractivity contribution in [1.82, 2.24) is 10.3 Å². The van der Waals surface area contributed by atoms with Crippen LogP contribution in [0.25, 0.3) is 0 Å². The molecule has 4 heteroatoms. The van der Waals surface area contributed by atoms with Crippen LogP contribution in [0.2, 0.25) is 0 Å². The molecule has 2 N–H and O–H groups in total. The molecular weight excluding hydrogens is 250 g/mol. The smallest absolute Gasteiger partial charge is 0.255 e. The van der Waals surface area contributed by atoms with Gasteiger partial charge in [-0.15, -0.1) is 0 Å². The molecule has 0 radical (unpaired) electrons. The highest BCUT2D eigenvalue weighted by molar-refractivity contribution is 6.04. The second kappa shape index (κ2) is 6.30. The number of hydrogen-bond acceptors (Lipinski definition) is 3. The Hall–Kier alpha value is -2.20. The third-order valence-electron chi connectivity index (χ3n) is 3.24. The van der Waals surface area contributed by atoms with E-state index in [1.54, 1.807) is 18.3 Å². The molecule has 0 fully saturated rings. The predicted molar refractivity (Wildman–Crippen MR) is 80.8 cm³/mol. The molecule has 1 amide bonds. The van der Waals surface area contributed by atoms with E-state index < -0.39 is 0 Å². The van der Waals surface area contributed by atoms with Crippen molar-refractivity contribution in [3.63, 3.8) is 0 Å². The van der Waals surface area contributed by atoms with E-state index in [4.69, 9.17) is 0 Å². The Balaban J connectivity index is 2.16. The van der Waals surface area contributed by atoms with Gasteiger partial charge in [0.2, 0.25) is 0 Å². The van der Waals surface area contributed by atoms with Gasteiger partial charge < -0.3 is 10.6 Å². The van der Waals surface area contributed by atoms with Gasteiger partial charge in [0.25, 0.3) is 5.91 Å². The highest BCUT2D eigenvalue weighted by Gasteiger charge is 2.08. The van der Waals surface area contributed by atoms with Gasteiger partial charge in [-0.3, -0.25) is 9.78 Å². The molecule has 104 valence electrons. The molecule has 1 unspecified atom stereocenters. The van der Waals surface area contributed by atoms with E-state index >= 15 is 0 Å². The third-order valence-corrected chi connectivity index (χ3v) is 3.24. The largest absolute Gasteiger partial charge is 0.322 e. The Morgan fingerprint density at radius 3 is 2.75 bits per heavy atom. The summed E-state index contributed by atoms with van der Waals surface area (Å²) in [7, 11) is 1.91. The number of aromatic nitrogens is 1. The summed E-state index contributed by atoms with van der Waals surface area (Å²) >= 11 is 0. The highest BCUT2D eigenvalue weighted by atomic mass is 16.1. The van der Waals surface area contributed by atoms with E-state index in [0.717, 1.165) is 16.9 Å². The van der Waals surface area contributed by atoms with Crippen molar-refractivity contribution < 1.29 is 4.79 Å². The average Bonchev–Trinajstić information content (AvgIpc) is 2.46. The number of pyridine rings is 1. The number of anilines is 1. The van der Waals surface area contributed by atoms with Crippen molar-refractivity contribution >= 4 is 11.6 Å². The number of benzene rings is 1. The van der Waals surface area contributed by atoms with Crippen LogP contribution in [0.1, 0.15) is 34.6 Å². The molecule has 0 aliphatic rings. The van der Waals surface area contributed by atoms with E-state index in [-0.39, 0.29) is 11.9 Å². The zero-order valence-electron chi connectivity index (χ0n) is 12.0. The summed E-state index contributed by atoms with van der Waals surface area (Å²) < 4.78 is 0. The van der Waals surface area contributed by atoms with Gasteiger partial charge in [0.15, 0.2) is 0 Å². The summed E-state index contributed by atoms with van der Waals surface area (Å²) in [6, 6.07) is 11.6. The molecule has 1 aromatic heterocycles. The van der Waals surface area contributed by atoms with Gasteiger partial charge in [0.1, 0.15) is 0 Å². The van der Waals surface area contributed by atoms with E-state index in [1.165, 1.54) is 0 Å². The molecule has 20 heavy (non-hydrogen) atoms. The number of nitrogens with zero attached hydrogens (tertiary/aromatic N) is 1. The summed E-state index contributed by atoms with van der Waals surface area (Å²) in [5, 5.41) is 6.09. The molecule has 0 spiro atoms. The Morgan fingerprint density at radius 2 is 2.05 bits per heavy atom. The fraction of sp³-hybridized carbons (Fsp3) is 0.250. The minimum Gasteiger partial charge on any atom is -0.322 e. The summed E-state index contributed by atoms with van der Waals surface area (Å²) in [5.74, 6) is -0.121. The maximum Gasteiger partial charge on any atom is 0.255 e. The Labute approximate surface area is 119 Å². The molecule has 2 aromatic rings. The Bertz CT molecular complexity index is 610. The summed E-state index contributed by atoms with van der Waals surface area (Å²) in [6.07, 6.45) is 1.64. The molecule has 0 aliphatic heterocycles. The van der Waals surface area contributed by atoms with Crippen LogP contribution in [-0.4, -0.2) is 17.9 Å². The van der Waals surface area contributed by atoms with Crippen molar-refractivity contribution in [2.24, 2.45) is 0 Å². The van der Waals surface area contributed by atoms with Crippen molar-refractivity contribution in [3.8, 4) is 0 Å². The first-order chi connectivity index (χ1) is 9.60. The lowest BCUT2D eigenvalue weighted by atomic mass is 10.1. The van der Waals surface area contributed by atoms with Gasteiger partial charge in [-0.05, 0) is 50.7 Å². The van der Waals surface area contributed by atoms with E-state index in [1.807, 2.05) is 38.2 Å². The Kier molecular flexibility index (Phi) is 4.48. The zero-order chi connectivity index (χ0) is 14.5. The van der Waals surface area contributed by atoms with Gasteiger partial charge >= 0.3 is 0 Å². The summed E-state index contributed by atoms with van der Waals surface area (Å²) in [5.41, 5.74) is 3.38. The number of nitrogens with one attached hydrogen (secondary N) is 2. The lowest BCUT2D eigenvalue weighted by Gasteiger charge is -2.12. The predicted octanol–water partition coefficient (Wildman–Crippen LogP) is 2.92. The molecular formula is C16H19N3O. The number of amides is 1. The summed E-state index contributed by atoms with van der Waals surface area (Å²) in [4.78, 5) is 16.3. The van der Waals surface area contributed by atoms with Crippen LogP contribution in [0.5, 0.6) is 0 Å². The van der Waals surface area contributed by atoms with Crippen LogP contribution in [0.15, 0.2) is 42.6 Å². The van der Waals surface area contributed by atoms with Gasteiger partial charge in [0.05, 0.1) is 0 Å². The molecule has 0 saturated heterocycles. The van der Waals surface area contributed by atoms with E-state index in [9.17, 15) is 4.79 Å². The van der Waals surface area contributed by atoms with Crippen LogP contribution in [0.4, 0.5) is 5.69 Å². The maximum atomic E-state index is 12.2. The maximum absolute atomic E-state index is 12.2. The normalized spacial score (nSPS) is 11.9. The van der Waals surface area contributed by atoms with Crippen molar-refractivity contribution in [2.45, 2.75) is 19.9 Å². The lowest BCUT2D eigenvalue weighted by Crippen LogP contribution is -2.14. The monoisotopic (exact) mass is 269 g/mol. The fourth-order valence-electron chi connectivity index (χ4n) is 1.94. The van der Waals surface area contributed by atoms with Gasteiger partial charge in [-0.1, -0.05) is 12.1 Å². The van der Waals surface area contributed by atoms with Gasteiger partial charge in [0, 0.05) is 29.2 Å². The quantitative estimate of drug-likeness (QED) is 0.897. The van der Waals surface area contributed by atoms with Gasteiger partial charge in [-0.25, -0.2) is 0 Å². The van der Waals surface area contributed by atoms with Crippen LogP contribution in [0.3, 0.4) is 0 Å². The fourth-order valence-corrected chi connectivity index (χ4v) is 1.94. The first-order valence-corrected chi connectivity index (χ1v) is 6.61. The van der Waals surface area contributed by atoms with Crippen LogP contribution in [0, 0.1) is 6.92 Å². The number of hydrogen-bond donors (Lipinski definition) is 2. The minimum atomic E-state index is -0.121. The van der Waals surface area contributed by atoms with E-state index in [0.29, 0.717) is 5.56 Å². The highest BCUT2D eigenvalue weighted by Crippen LogP contribution is 2.17. The second-order valence-corrected chi connectivity index (χ2v) is 4.78. The lowest BCUT2D eigenvalue weighted by molar-refractivity contribution is 0.102. The van der Waals surface area contributed by atoms with Crippen molar-refractivity contribution in [1.29, 1.82) is 0 Å². The molecule has 1 aromatic carbocycles. The molecule has 1 atom stereocenters. The Morgan fingerprint density at radius 1 is 1.25 bits per heavy atom. The topological polar surface area (TPSA) is 54.0 Å². The first-order valence-electron chi connectivity index (χ1n) is 6.61. The molecule has 0 aliphatic carbocycles. The van der Waals surface area contributed by atoms with Crippen LogP contribution in [-0.2, 0) is 0 Å². The van der Waals surface area contributed by atoms with E-state index in [2.05, 4.69) is 22.5 Å². The second-order valence-electron chi connectivity index (χ2n) is 4.78. The molecule has 1 heterocycles. The van der Waals surface area contributed by atoms with Gasteiger partial charge in [-0.2, -0.15) is 0 Å². The third kappa shape index (κ3) is 3.42. The van der Waals surface area contributed by atoms with Crippen LogP contribution >= 0.6 is 0 Å². The number of rotatable bonds is 4. The number of carbonyl (C=O) groups excluding carboxylic acids is 1. The molecule has 2 rings (SSSR count). The number of aryl methyl sites for hydroxylation is 1. The van der Waals surface area contributed by atoms with Crippen molar-refractivity contribution in [3.05, 3.63) is 59.4 Å². The number of carbonyl (C=O) groups is 1.